The molecule has 0 spiro atoms. The normalized spacial score (nSPS) is 18.8. The molecule has 4 heteroatoms. The molecule has 0 aromatic rings. The van der Waals surface area contributed by atoms with Crippen LogP contribution in [-0.2, 0) is 19.1 Å². The molecule has 0 N–H and O–H groups in total. The van der Waals surface area contributed by atoms with Crippen LogP contribution in [0.3, 0.4) is 0 Å². The van der Waals surface area contributed by atoms with Gasteiger partial charge in [0.2, 0.25) is 0 Å². The standard InChI is InChI=1S/C33H62O4/c1-6-7-8-9-10-11-12-13-14-15-16-17-20-29-21-18-19-22-30(29)23-31(33(35)37-26-28(4)5)24-32(34)36-25-27(2)3/h27-31H,6-26H2,1-5H3. The summed E-state index contributed by atoms with van der Waals surface area (Å²) in [6.07, 6.45) is 23.8. The SMILES string of the molecule is CCCCCCCCCCCCCCC1CCCCC1CC(CC(=O)OCC(C)C)C(=O)OCC(C)C. The maximum absolute atomic E-state index is 12.9. The van der Waals surface area contributed by atoms with Gasteiger partial charge in [-0.15, -0.1) is 0 Å². The van der Waals surface area contributed by atoms with Crippen molar-refractivity contribution >= 4 is 11.9 Å². The molecule has 0 amide bonds. The first kappa shape index (κ1) is 34.0. The summed E-state index contributed by atoms with van der Waals surface area (Å²) in [6.45, 7) is 11.3. The molecule has 3 unspecified atom stereocenters. The minimum atomic E-state index is -0.369. The first-order chi connectivity index (χ1) is 17.8. The van der Waals surface area contributed by atoms with Crippen LogP contribution in [0, 0.1) is 29.6 Å². The van der Waals surface area contributed by atoms with Crippen molar-refractivity contribution in [1.82, 2.24) is 0 Å². The predicted molar refractivity (Wildman–Crippen MR) is 155 cm³/mol. The van der Waals surface area contributed by atoms with Crippen molar-refractivity contribution in [3.63, 3.8) is 0 Å². The van der Waals surface area contributed by atoms with E-state index in [0.29, 0.717) is 36.9 Å². The van der Waals surface area contributed by atoms with Crippen LogP contribution in [0.25, 0.3) is 0 Å². The number of ether oxygens (including phenoxy) is 2. The van der Waals surface area contributed by atoms with Gasteiger partial charge in [0.25, 0.3) is 0 Å². The van der Waals surface area contributed by atoms with Crippen LogP contribution in [0.15, 0.2) is 0 Å². The highest BCUT2D eigenvalue weighted by atomic mass is 16.5. The third-order valence-electron chi connectivity index (χ3n) is 7.97. The minimum Gasteiger partial charge on any atom is -0.465 e. The van der Waals surface area contributed by atoms with Crippen LogP contribution < -0.4 is 0 Å². The summed E-state index contributed by atoms with van der Waals surface area (Å²) in [4.78, 5) is 25.4. The van der Waals surface area contributed by atoms with Gasteiger partial charge in [-0.05, 0) is 30.1 Å². The number of esters is 2. The van der Waals surface area contributed by atoms with E-state index < -0.39 is 0 Å². The van der Waals surface area contributed by atoms with Gasteiger partial charge in [-0.3, -0.25) is 9.59 Å². The van der Waals surface area contributed by atoms with Crippen LogP contribution in [0.1, 0.15) is 157 Å². The first-order valence-electron chi connectivity index (χ1n) is 16.2. The van der Waals surface area contributed by atoms with E-state index in [-0.39, 0.29) is 24.3 Å². The van der Waals surface area contributed by atoms with Crippen molar-refractivity contribution in [2.45, 2.75) is 157 Å². The van der Waals surface area contributed by atoms with E-state index in [9.17, 15) is 9.59 Å². The van der Waals surface area contributed by atoms with Crippen LogP contribution in [0.5, 0.6) is 0 Å². The molecule has 1 fully saturated rings. The Hall–Kier alpha value is -1.06. The van der Waals surface area contributed by atoms with E-state index in [1.165, 1.54) is 109 Å². The molecule has 1 aliphatic carbocycles. The van der Waals surface area contributed by atoms with Gasteiger partial charge in [-0.25, -0.2) is 0 Å². The number of hydrogen-bond donors (Lipinski definition) is 0. The second-order valence-electron chi connectivity index (χ2n) is 12.7. The topological polar surface area (TPSA) is 52.6 Å². The lowest BCUT2D eigenvalue weighted by Gasteiger charge is -2.33. The monoisotopic (exact) mass is 522 g/mol. The Morgan fingerprint density at radius 1 is 0.676 bits per heavy atom. The number of unbranched alkanes of at least 4 members (excludes halogenated alkanes) is 11. The smallest absolute Gasteiger partial charge is 0.309 e. The van der Waals surface area contributed by atoms with Crippen LogP contribution in [-0.4, -0.2) is 25.2 Å². The lowest BCUT2D eigenvalue weighted by Crippen LogP contribution is -2.29. The van der Waals surface area contributed by atoms with E-state index in [0.717, 1.165) is 6.42 Å². The minimum absolute atomic E-state index is 0.158. The third-order valence-corrected chi connectivity index (χ3v) is 7.97. The Kier molecular flexibility index (Phi) is 20.0. The Morgan fingerprint density at radius 2 is 1.16 bits per heavy atom. The zero-order valence-corrected chi connectivity index (χ0v) is 25.4. The summed E-state index contributed by atoms with van der Waals surface area (Å²) < 4.78 is 11.0. The largest absolute Gasteiger partial charge is 0.465 e. The lowest BCUT2D eigenvalue weighted by atomic mass is 9.72. The van der Waals surface area contributed by atoms with E-state index in [2.05, 4.69) is 6.92 Å². The van der Waals surface area contributed by atoms with Crippen molar-refractivity contribution in [2.24, 2.45) is 29.6 Å². The number of carbonyl (C=O) groups excluding carboxylic acids is 2. The third kappa shape index (κ3) is 18.0. The van der Waals surface area contributed by atoms with Gasteiger partial charge in [-0.2, -0.15) is 0 Å². The summed E-state index contributed by atoms with van der Waals surface area (Å²) in [5, 5.41) is 0. The Morgan fingerprint density at radius 3 is 1.70 bits per heavy atom. The molecular formula is C33H62O4. The molecule has 37 heavy (non-hydrogen) atoms. The molecule has 0 radical (unpaired) electrons. The van der Waals surface area contributed by atoms with Gasteiger partial charge in [0, 0.05) is 0 Å². The van der Waals surface area contributed by atoms with Gasteiger partial charge in [-0.1, -0.05) is 144 Å². The molecular weight excluding hydrogens is 460 g/mol. The van der Waals surface area contributed by atoms with E-state index in [4.69, 9.17) is 9.47 Å². The molecule has 218 valence electrons. The zero-order chi connectivity index (χ0) is 27.3. The maximum Gasteiger partial charge on any atom is 0.309 e. The molecule has 1 rings (SSSR count). The lowest BCUT2D eigenvalue weighted by molar-refractivity contribution is -0.157. The maximum atomic E-state index is 12.9. The van der Waals surface area contributed by atoms with Gasteiger partial charge in [0.05, 0.1) is 25.6 Å². The first-order valence-corrected chi connectivity index (χ1v) is 16.2. The number of carbonyl (C=O) groups is 2. The quantitative estimate of drug-likeness (QED) is 0.105. The highest BCUT2D eigenvalue weighted by molar-refractivity contribution is 5.80. The Bertz CT molecular complexity index is 571. The Labute approximate surface area is 230 Å². The van der Waals surface area contributed by atoms with E-state index in [1.54, 1.807) is 0 Å². The van der Waals surface area contributed by atoms with Crippen molar-refractivity contribution in [2.75, 3.05) is 13.2 Å². The van der Waals surface area contributed by atoms with Crippen LogP contribution in [0.2, 0.25) is 0 Å². The molecule has 1 saturated carbocycles. The van der Waals surface area contributed by atoms with Crippen molar-refractivity contribution < 1.29 is 19.1 Å². The van der Waals surface area contributed by atoms with Crippen molar-refractivity contribution in [3.05, 3.63) is 0 Å². The summed E-state index contributed by atoms with van der Waals surface area (Å²) in [7, 11) is 0. The highest BCUT2D eigenvalue weighted by Gasteiger charge is 2.32. The highest BCUT2D eigenvalue weighted by Crippen LogP contribution is 2.38. The molecule has 0 aromatic carbocycles. The second-order valence-corrected chi connectivity index (χ2v) is 12.7. The predicted octanol–water partition coefficient (Wildman–Crippen LogP) is 9.68. The molecule has 0 bridgehead atoms. The molecule has 4 nitrogen and oxygen atoms in total. The molecule has 0 saturated heterocycles. The van der Waals surface area contributed by atoms with Gasteiger partial charge >= 0.3 is 11.9 Å². The second kappa shape index (κ2) is 21.8. The van der Waals surface area contributed by atoms with Crippen LogP contribution >= 0.6 is 0 Å². The average molecular weight is 523 g/mol. The van der Waals surface area contributed by atoms with Crippen LogP contribution in [0.4, 0.5) is 0 Å². The summed E-state index contributed by atoms with van der Waals surface area (Å²) in [5.74, 6) is 0.976. The van der Waals surface area contributed by atoms with E-state index in [1.807, 2.05) is 27.7 Å². The fourth-order valence-electron chi connectivity index (χ4n) is 5.74. The molecule has 1 aliphatic rings. The average Bonchev–Trinajstić information content (AvgIpc) is 2.87. The molecule has 3 atom stereocenters. The zero-order valence-electron chi connectivity index (χ0n) is 25.4. The molecule has 0 heterocycles. The van der Waals surface area contributed by atoms with Crippen molar-refractivity contribution in [1.29, 1.82) is 0 Å². The van der Waals surface area contributed by atoms with Gasteiger partial charge < -0.3 is 9.47 Å². The molecule has 0 aromatic heterocycles. The van der Waals surface area contributed by atoms with Crippen molar-refractivity contribution in [3.8, 4) is 0 Å². The number of hydrogen-bond acceptors (Lipinski definition) is 4. The molecule has 0 aliphatic heterocycles. The Balaban J connectivity index is 2.42. The van der Waals surface area contributed by atoms with Gasteiger partial charge in [0.1, 0.15) is 0 Å². The number of rotatable bonds is 22. The van der Waals surface area contributed by atoms with E-state index >= 15 is 0 Å². The fourth-order valence-corrected chi connectivity index (χ4v) is 5.74. The van der Waals surface area contributed by atoms with Gasteiger partial charge in [0.15, 0.2) is 0 Å². The summed E-state index contributed by atoms with van der Waals surface area (Å²) in [6, 6.07) is 0. The fraction of sp³-hybridized carbons (Fsp3) is 0.939. The summed E-state index contributed by atoms with van der Waals surface area (Å²) >= 11 is 0. The summed E-state index contributed by atoms with van der Waals surface area (Å²) in [5.41, 5.74) is 0.